The van der Waals surface area contributed by atoms with E-state index in [-0.39, 0.29) is 5.41 Å². The second-order valence-electron chi connectivity index (χ2n) is 6.97. The van der Waals surface area contributed by atoms with Crippen molar-refractivity contribution in [1.82, 2.24) is 0 Å². The molecule has 118 valence electrons. The molecular formula is C18H29NO2. The molecule has 1 aromatic carbocycles. The molecule has 0 saturated heterocycles. The van der Waals surface area contributed by atoms with Crippen molar-refractivity contribution in [3.63, 3.8) is 0 Å². The molecule has 0 heterocycles. The maximum atomic E-state index is 11.1. The van der Waals surface area contributed by atoms with E-state index in [0.29, 0.717) is 13.0 Å². The summed E-state index contributed by atoms with van der Waals surface area (Å²) >= 11 is 0. The number of rotatable bonds is 5. The van der Waals surface area contributed by atoms with Crippen molar-refractivity contribution >= 4 is 0 Å². The molecule has 1 aromatic rings. The van der Waals surface area contributed by atoms with Gasteiger partial charge in [0.1, 0.15) is 5.75 Å². The standard InChI is InChI=1S/C18H29NO2/c1-14-8-10-18(13-19,11-9-14)17(2,20)12-15-4-6-16(21-3)7-5-15/h4-7,14,20H,8-13,19H2,1-3H3. The van der Waals surface area contributed by atoms with Crippen LogP contribution in [0.2, 0.25) is 0 Å². The first-order chi connectivity index (χ1) is 9.92. The summed E-state index contributed by atoms with van der Waals surface area (Å²) < 4.78 is 5.19. The van der Waals surface area contributed by atoms with Crippen LogP contribution in [0.15, 0.2) is 24.3 Å². The summed E-state index contributed by atoms with van der Waals surface area (Å²) in [7, 11) is 1.66. The van der Waals surface area contributed by atoms with Gasteiger partial charge in [-0.05, 0) is 43.4 Å². The van der Waals surface area contributed by atoms with Crippen LogP contribution in [0.1, 0.15) is 45.1 Å². The first-order valence-electron chi connectivity index (χ1n) is 7.98. The average molecular weight is 291 g/mol. The van der Waals surface area contributed by atoms with Crippen LogP contribution in [-0.4, -0.2) is 24.4 Å². The van der Waals surface area contributed by atoms with Gasteiger partial charge >= 0.3 is 0 Å². The minimum atomic E-state index is -0.767. The molecule has 0 amide bonds. The van der Waals surface area contributed by atoms with Crippen LogP contribution in [0.5, 0.6) is 5.75 Å². The highest BCUT2D eigenvalue weighted by atomic mass is 16.5. The second-order valence-corrected chi connectivity index (χ2v) is 6.97. The van der Waals surface area contributed by atoms with Gasteiger partial charge in [0.05, 0.1) is 12.7 Å². The van der Waals surface area contributed by atoms with Crippen molar-refractivity contribution in [1.29, 1.82) is 0 Å². The fraction of sp³-hybridized carbons (Fsp3) is 0.667. The van der Waals surface area contributed by atoms with Gasteiger partial charge in [-0.15, -0.1) is 0 Å². The molecule has 21 heavy (non-hydrogen) atoms. The molecule has 0 radical (unpaired) electrons. The van der Waals surface area contributed by atoms with Crippen LogP contribution < -0.4 is 10.5 Å². The summed E-state index contributed by atoms with van der Waals surface area (Å²) in [6.07, 6.45) is 5.01. The molecule has 0 aliphatic heterocycles. The Hall–Kier alpha value is -1.06. The van der Waals surface area contributed by atoms with Gasteiger partial charge < -0.3 is 15.6 Å². The van der Waals surface area contributed by atoms with Gasteiger partial charge in [-0.25, -0.2) is 0 Å². The van der Waals surface area contributed by atoms with Crippen LogP contribution in [0.25, 0.3) is 0 Å². The van der Waals surface area contributed by atoms with E-state index >= 15 is 0 Å². The summed E-state index contributed by atoms with van der Waals surface area (Å²) in [6.45, 7) is 4.81. The average Bonchev–Trinajstić information content (AvgIpc) is 2.48. The van der Waals surface area contributed by atoms with Crippen LogP contribution in [-0.2, 0) is 6.42 Å². The SMILES string of the molecule is COc1ccc(CC(C)(O)C2(CN)CCC(C)CC2)cc1. The second kappa shape index (κ2) is 6.37. The monoisotopic (exact) mass is 291 g/mol. The largest absolute Gasteiger partial charge is 0.497 e. The van der Waals surface area contributed by atoms with Crippen LogP contribution in [0.3, 0.4) is 0 Å². The lowest BCUT2D eigenvalue weighted by atomic mass is 9.60. The van der Waals surface area contributed by atoms with Gasteiger partial charge in [0.25, 0.3) is 0 Å². The maximum absolute atomic E-state index is 11.1. The molecule has 0 aromatic heterocycles. The van der Waals surface area contributed by atoms with E-state index in [9.17, 15) is 5.11 Å². The van der Waals surface area contributed by atoms with Crippen molar-refractivity contribution in [2.75, 3.05) is 13.7 Å². The highest BCUT2D eigenvalue weighted by Gasteiger charge is 2.47. The van der Waals surface area contributed by atoms with Crippen LogP contribution in [0, 0.1) is 11.3 Å². The van der Waals surface area contributed by atoms with E-state index in [1.54, 1.807) is 7.11 Å². The lowest BCUT2D eigenvalue weighted by Crippen LogP contribution is -2.53. The van der Waals surface area contributed by atoms with Gasteiger partial charge in [-0.3, -0.25) is 0 Å². The number of benzene rings is 1. The van der Waals surface area contributed by atoms with Crippen molar-refractivity contribution in [2.24, 2.45) is 17.1 Å². The number of ether oxygens (including phenoxy) is 1. The first kappa shape index (κ1) is 16.3. The van der Waals surface area contributed by atoms with Crippen molar-refractivity contribution in [3.05, 3.63) is 29.8 Å². The maximum Gasteiger partial charge on any atom is 0.118 e. The van der Waals surface area contributed by atoms with Gasteiger partial charge in [-0.1, -0.05) is 31.9 Å². The lowest BCUT2D eigenvalue weighted by molar-refractivity contribution is -0.0901. The zero-order valence-corrected chi connectivity index (χ0v) is 13.6. The first-order valence-corrected chi connectivity index (χ1v) is 7.98. The Kier molecular flexibility index (Phi) is 4.95. The molecule has 1 aliphatic carbocycles. The molecule has 1 fully saturated rings. The lowest BCUT2D eigenvalue weighted by Gasteiger charge is -2.49. The highest BCUT2D eigenvalue weighted by molar-refractivity contribution is 5.28. The van der Waals surface area contributed by atoms with Gasteiger partial charge in [0.15, 0.2) is 0 Å². The molecule has 1 saturated carbocycles. The Morgan fingerprint density at radius 2 is 1.86 bits per heavy atom. The van der Waals surface area contributed by atoms with Crippen molar-refractivity contribution < 1.29 is 9.84 Å². The van der Waals surface area contributed by atoms with Crippen molar-refractivity contribution in [3.8, 4) is 5.75 Å². The molecule has 2 rings (SSSR count). The Bertz CT molecular complexity index is 445. The molecule has 3 N–H and O–H groups in total. The third-order valence-corrected chi connectivity index (χ3v) is 5.47. The quantitative estimate of drug-likeness (QED) is 0.876. The van der Waals surface area contributed by atoms with E-state index in [1.165, 1.54) is 0 Å². The molecule has 3 nitrogen and oxygen atoms in total. The normalized spacial score (nSPS) is 28.9. The van der Waals surface area contributed by atoms with E-state index in [2.05, 4.69) is 6.92 Å². The summed E-state index contributed by atoms with van der Waals surface area (Å²) in [5, 5.41) is 11.1. The number of nitrogens with two attached hydrogens (primary N) is 1. The predicted molar refractivity (Wildman–Crippen MR) is 86.4 cm³/mol. The van der Waals surface area contributed by atoms with Gasteiger partial charge in [-0.2, -0.15) is 0 Å². The van der Waals surface area contributed by atoms with E-state index < -0.39 is 5.60 Å². The number of hydrogen-bond acceptors (Lipinski definition) is 3. The predicted octanol–water partition coefficient (Wildman–Crippen LogP) is 3.14. The fourth-order valence-electron chi connectivity index (χ4n) is 3.61. The van der Waals surface area contributed by atoms with Gasteiger partial charge in [0.2, 0.25) is 0 Å². The van der Waals surface area contributed by atoms with Gasteiger partial charge in [0, 0.05) is 18.4 Å². The smallest absolute Gasteiger partial charge is 0.118 e. The zero-order valence-electron chi connectivity index (χ0n) is 13.6. The Labute approximate surface area is 128 Å². The Morgan fingerprint density at radius 3 is 2.33 bits per heavy atom. The molecule has 1 unspecified atom stereocenters. The minimum Gasteiger partial charge on any atom is -0.497 e. The number of methoxy groups -OCH3 is 1. The molecule has 0 bridgehead atoms. The van der Waals surface area contributed by atoms with E-state index in [4.69, 9.17) is 10.5 Å². The third kappa shape index (κ3) is 3.41. The highest BCUT2D eigenvalue weighted by Crippen LogP contribution is 2.47. The Balaban J connectivity index is 2.14. The summed E-state index contributed by atoms with van der Waals surface area (Å²) in [5.74, 6) is 1.60. The van der Waals surface area contributed by atoms with Crippen LogP contribution >= 0.6 is 0 Å². The van der Waals surface area contributed by atoms with E-state index in [1.807, 2.05) is 31.2 Å². The van der Waals surface area contributed by atoms with Crippen molar-refractivity contribution in [2.45, 2.75) is 51.6 Å². The zero-order chi connectivity index (χ0) is 15.5. The molecule has 1 atom stereocenters. The topological polar surface area (TPSA) is 55.5 Å². The third-order valence-electron chi connectivity index (χ3n) is 5.47. The minimum absolute atomic E-state index is 0.153. The number of hydrogen-bond donors (Lipinski definition) is 2. The Morgan fingerprint density at radius 1 is 1.29 bits per heavy atom. The van der Waals surface area contributed by atoms with E-state index in [0.717, 1.165) is 42.9 Å². The molecular weight excluding hydrogens is 262 g/mol. The molecule has 3 heteroatoms. The number of aliphatic hydroxyl groups is 1. The summed E-state index contributed by atoms with van der Waals surface area (Å²) in [5.41, 5.74) is 6.30. The summed E-state index contributed by atoms with van der Waals surface area (Å²) in [6, 6.07) is 7.96. The van der Waals surface area contributed by atoms with Crippen LogP contribution in [0.4, 0.5) is 0 Å². The summed E-state index contributed by atoms with van der Waals surface area (Å²) in [4.78, 5) is 0. The molecule has 1 aliphatic rings. The fourth-order valence-corrected chi connectivity index (χ4v) is 3.61. The molecule has 0 spiro atoms.